The van der Waals surface area contributed by atoms with Crippen LogP contribution in [0.2, 0.25) is 0 Å². The topological polar surface area (TPSA) is 81.4 Å². The summed E-state index contributed by atoms with van der Waals surface area (Å²) in [6.07, 6.45) is -0.202. The van der Waals surface area contributed by atoms with Gasteiger partial charge in [0.15, 0.2) is 0 Å². The molecule has 1 aromatic carbocycles. The van der Waals surface area contributed by atoms with Gasteiger partial charge in [0.2, 0.25) is 5.91 Å². The molecule has 1 N–H and O–H groups in total. The Morgan fingerprint density at radius 1 is 1.45 bits per heavy atom. The lowest BCUT2D eigenvalue weighted by molar-refractivity contribution is -0.141. The molecule has 2 atom stereocenters. The van der Waals surface area contributed by atoms with Gasteiger partial charge in [0.1, 0.15) is 6.42 Å². The number of carboxylic acid groups (broad SMARTS) is 1. The quantitative estimate of drug-likeness (QED) is 0.904. The van der Waals surface area contributed by atoms with Crippen molar-refractivity contribution in [1.29, 1.82) is 5.26 Å². The van der Waals surface area contributed by atoms with Crippen molar-refractivity contribution in [2.24, 2.45) is 5.92 Å². The summed E-state index contributed by atoms with van der Waals surface area (Å²) in [6.45, 7) is 2.49. The van der Waals surface area contributed by atoms with E-state index in [1.165, 1.54) is 4.90 Å². The highest BCUT2D eigenvalue weighted by Gasteiger charge is 2.40. The number of benzene rings is 1. The summed E-state index contributed by atoms with van der Waals surface area (Å²) in [4.78, 5) is 24.6. The van der Waals surface area contributed by atoms with E-state index in [4.69, 9.17) is 5.26 Å². The van der Waals surface area contributed by atoms with E-state index < -0.39 is 11.9 Å². The van der Waals surface area contributed by atoms with Crippen molar-refractivity contribution in [3.8, 4) is 6.07 Å². The minimum Gasteiger partial charge on any atom is -0.481 e. The van der Waals surface area contributed by atoms with E-state index in [-0.39, 0.29) is 24.8 Å². The van der Waals surface area contributed by atoms with Crippen molar-refractivity contribution in [2.75, 3.05) is 13.1 Å². The average molecular weight is 272 g/mol. The van der Waals surface area contributed by atoms with Crippen molar-refractivity contribution in [1.82, 2.24) is 4.90 Å². The fourth-order valence-electron chi connectivity index (χ4n) is 2.68. The maximum Gasteiger partial charge on any atom is 0.308 e. The van der Waals surface area contributed by atoms with Crippen molar-refractivity contribution >= 4 is 11.9 Å². The van der Waals surface area contributed by atoms with Crippen LogP contribution in [0.5, 0.6) is 0 Å². The summed E-state index contributed by atoms with van der Waals surface area (Å²) in [5.74, 6) is -2.02. The zero-order valence-electron chi connectivity index (χ0n) is 11.2. The molecule has 1 saturated heterocycles. The third-order valence-electron chi connectivity index (χ3n) is 3.69. The van der Waals surface area contributed by atoms with E-state index in [1.807, 2.05) is 37.3 Å². The number of rotatable bonds is 3. The zero-order chi connectivity index (χ0) is 14.7. The standard InChI is InChI=1S/C15H16N2O3/c1-10-3-2-4-11(7-10)12-8-17(14(18)5-6-16)9-13(12)15(19)20/h2-4,7,12-13H,5,8-9H2,1H3,(H,19,20). The molecule has 0 aliphatic carbocycles. The molecular weight excluding hydrogens is 256 g/mol. The molecule has 5 heteroatoms. The minimum absolute atomic E-state index is 0.175. The van der Waals surface area contributed by atoms with E-state index >= 15 is 0 Å². The normalized spacial score (nSPS) is 21.5. The van der Waals surface area contributed by atoms with Gasteiger partial charge in [0, 0.05) is 19.0 Å². The lowest BCUT2D eigenvalue weighted by Gasteiger charge is -2.15. The van der Waals surface area contributed by atoms with Crippen LogP contribution in [-0.4, -0.2) is 35.0 Å². The van der Waals surface area contributed by atoms with Gasteiger partial charge in [-0.15, -0.1) is 0 Å². The number of aryl methyl sites for hydroxylation is 1. The Balaban J connectivity index is 2.25. The van der Waals surface area contributed by atoms with Crippen LogP contribution in [-0.2, 0) is 9.59 Å². The SMILES string of the molecule is Cc1cccc(C2CN(C(=O)CC#N)CC2C(=O)O)c1. The summed E-state index contributed by atoms with van der Waals surface area (Å²) in [5.41, 5.74) is 2.00. The van der Waals surface area contributed by atoms with Crippen LogP contribution in [0.15, 0.2) is 24.3 Å². The van der Waals surface area contributed by atoms with E-state index in [2.05, 4.69) is 0 Å². The molecule has 1 aromatic rings. The van der Waals surface area contributed by atoms with Crippen LogP contribution >= 0.6 is 0 Å². The molecule has 1 heterocycles. The number of nitriles is 1. The molecular formula is C15H16N2O3. The third-order valence-corrected chi connectivity index (χ3v) is 3.69. The number of hydrogen-bond acceptors (Lipinski definition) is 3. The Kier molecular flexibility index (Phi) is 4.04. The Morgan fingerprint density at radius 2 is 2.20 bits per heavy atom. The van der Waals surface area contributed by atoms with Crippen LogP contribution in [0, 0.1) is 24.2 Å². The van der Waals surface area contributed by atoms with E-state index in [9.17, 15) is 14.7 Å². The Bertz CT molecular complexity index is 577. The first-order valence-electron chi connectivity index (χ1n) is 6.47. The van der Waals surface area contributed by atoms with Gasteiger partial charge in [-0.1, -0.05) is 29.8 Å². The summed E-state index contributed by atoms with van der Waals surface area (Å²) in [5, 5.41) is 17.9. The Labute approximate surface area is 117 Å². The average Bonchev–Trinajstić information content (AvgIpc) is 2.84. The van der Waals surface area contributed by atoms with Gasteiger partial charge >= 0.3 is 5.97 Å². The second-order valence-corrected chi connectivity index (χ2v) is 5.10. The number of aliphatic carboxylic acids is 1. The Hall–Kier alpha value is -2.35. The number of nitrogens with zero attached hydrogens (tertiary/aromatic N) is 2. The fraction of sp³-hybridized carbons (Fsp3) is 0.400. The van der Waals surface area contributed by atoms with Crippen LogP contribution in [0.25, 0.3) is 0 Å². The van der Waals surface area contributed by atoms with Gasteiger partial charge in [-0.05, 0) is 12.5 Å². The summed E-state index contributed by atoms with van der Waals surface area (Å²) in [6, 6.07) is 9.51. The van der Waals surface area contributed by atoms with E-state index in [0.29, 0.717) is 6.54 Å². The molecule has 1 fully saturated rings. The molecule has 5 nitrogen and oxygen atoms in total. The number of hydrogen-bond donors (Lipinski definition) is 1. The second kappa shape index (κ2) is 5.74. The molecule has 0 saturated carbocycles. The number of carbonyl (C=O) groups is 2. The van der Waals surface area contributed by atoms with Gasteiger partial charge in [0.25, 0.3) is 0 Å². The van der Waals surface area contributed by atoms with Crippen molar-refractivity contribution in [3.63, 3.8) is 0 Å². The molecule has 0 bridgehead atoms. The number of amides is 1. The summed E-state index contributed by atoms with van der Waals surface area (Å²) < 4.78 is 0. The first kappa shape index (κ1) is 14.1. The molecule has 0 radical (unpaired) electrons. The van der Waals surface area contributed by atoms with Crippen LogP contribution < -0.4 is 0 Å². The lowest BCUT2D eigenvalue weighted by atomic mass is 9.88. The molecule has 1 aliphatic heterocycles. The smallest absolute Gasteiger partial charge is 0.308 e. The molecule has 2 unspecified atom stereocenters. The molecule has 0 aromatic heterocycles. The number of likely N-dealkylation sites (tertiary alicyclic amines) is 1. The highest BCUT2D eigenvalue weighted by atomic mass is 16.4. The van der Waals surface area contributed by atoms with Gasteiger partial charge in [0.05, 0.1) is 12.0 Å². The first-order chi connectivity index (χ1) is 9.52. The maximum absolute atomic E-state index is 11.8. The molecule has 1 amide bonds. The third kappa shape index (κ3) is 2.80. The Morgan fingerprint density at radius 3 is 2.80 bits per heavy atom. The number of carbonyl (C=O) groups excluding carboxylic acids is 1. The van der Waals surface area contributed by atoms with E-state index in [1.54, 1.807) is 0 Å². The lowest BCUT2D eigenvalue weighted by Crippen LogP contribution is -2.29. The predicted molar refractivity (Wildman–Crippen MR) is 71.9 cm³/mol. The van der Waals surface area contributed by atoms with Gasteiger partial charge in [-0.2, -0.15) is 5.26 Å². The van der Waals surface area contributed by atoms with Crippen LogP contribution in [0.4, 0.5) is 0 Å². The number of carboxylic acids is 1. The van der Waals surface area contributed by atoms with Gasteiger partial charge in [-0.25, -0.2) is 0 Å². The van der Waals surface area contributed by atoms with Crippen molar-refractivity contribution in [3.05, 3.63) is 35.4 Å². The van der Waals surface area contributed by atoms with Gasteiger partial charge < -0.3 is 10.0 Å². The first-order valence-corrected chi connectivity index (χ1v) is 6.47. The van der Waals surface area contributed by atoms with E-state index in [0.717, 1.165) is 11.1 Å². The second-order valence-electron chi connectivity index (χ2n) is 5.10. The maximum atomic E-state index is 11.8. The highest BCUT2D eigenvalue weighted by molar-refractivity contribution is 5.81. The van der Waals surface area contributed by atoms with Crippen molar-refractivity contribution < 1.29 is 14.7 Å². The van der Waals surface area contributed by atoms with Gasteiger partial charge in [-0.3, -0.25) is 9.59 Å². The summed E-state index contributed by atoms with van der Waals surface area (Å²) in [7, 11) is 0. The predicted octanol–water partition coefficient (Wildman–Crippen LogP) is 1.54. The minimum atomic E-state index is -0.899. The molecule has 104 valence electrons. The largest absolute Gasteiger partial charge is 0.481 e. The molecule has 2 rings (SSSR count). The monoisotopic (exact) mass is 272 g/mol. The van der Waals surface area contributed by atoms with Crippen LogP contribution in [0.1, 0.15) is 23.5 Å². The summed E-state index contributed by atoms with van der Waals surface area (Å²) >= 11 is 0. The van der Waals surface area contributed by atoms with Crippen LogP contribution in [0.3, 0.4) is 0 Å². The van der Waals surface area contributed by atoms with Crippen molar-refractivity contribution in [2.45, 2.75) is 19.3 Å². The fourth-order valence-corrected chi connectivity index (χ4v) is 2.68. The molecule has 1 aliphatic rings. The zero-order valence-corrected chi connectivity index (χ0v) is 11.2. The highest BCUT2D eigenvalue weighted by Crippen LogP contribution is 2.33. The molecule has 20 heavy (non-hydrogen) atoms. The molecule has 0 spiro atoms.